The molecule has 0 saturated carbocycles. The highest BCUT2D eigenvalue weighted by atomic mass is 16.7. The summed E-state index contributed by atoms with van der Waals surface area (Å²) in [6.07, 6.45) is 0.265. The normalized spacial score (nSPS) is 12.7. The number of rotatable bonds is 6. The summed E-state index contributed by atoms with van der Waals surface area (Å²) in [5.74, 6) is -0.999. The van der Waals surface area contributed by atoms with E-state index >= 15 is 0 Å². The van der Waals surface area contributed by atoms with Gasteiger partial charge in [0.1, 0.15) is 6.04 Å². The molecule has 0 aromatic heterocycles. The van der Waals surface area contributed by atoms with Crippen LogP contribution in [0.1, 0.15) is 12.8 Å². The minimum absolute atomic E-state index is 0.0713. The third-order valence-electron chi connectivity index (χ3n) is 1.52. The average molecular weight is 233 g/mol. The van der Waals surface area contributed by atoms with Gasteiger partial charge in [0.2, 0.25) is 0 Å². The molecule has 7 nitrogen and oxygen atoms in total. The van der Waals surface area contributed by atoms with Gasteiger partial charge in [-0.15, -0.1) is 10.1 Å². The zero-order valence-electron chi connectivity index (χ0n) is 10.1. The van der Waals surface area contributed by atoms with Crippen LogP contribution >= 0.6 is 0 Å². The lowest BCUT2D eigenvalue weighted by Crippen LogP contribution is -2.36. The standard InChI is InChI=1S/C9H19N3O4/c1-11(2)15-8(13)6-5-7(10)9(14)16-12(3)4/h7H,5-6,10H2,1-4H3/t7-/m0/s1. The van der Waals surface area contributed by atoms with Gasteiger partial charge in [-0.1, -0.05) is 0 Å². The maximum Gasteiger partial charge on any atom is 0.341 e. The Kier molecular flexibility index (Phi) is 6.63. The van der Waals surface area contributed by atoms with Crippen molar-refractivity contribution in [3.63, 3.8) is 0 Å². The summed E-state index contributed by atoms with van der Waals surface area (Å²) in [5, 5.41) is 2.53. The van der Waals surface area contributed by atoms with Gasteiger partial charge >= 0.3 is 11.9 Å². The Hall–Kier alpha value is -1.18. The lowest BCUT2D eigenvalue weighted by Gasteiger charge is -2.15. The zero-order valence-corrected chi connectivity index (χ0v) is 10.1. The molecule has 0 bridgehead atoms. The van der Waals surface area contributed by atoms with Crippen molar-refractivity contribution in [2.75, 3.05) is 28.2 Å². The van der Waals surface area contributed by atoms with E-state index in [0.717, 1.165) is 0 Å². The Morgan fingerprint density at radius 3 is 2.06 bits per heavy atom. The van der Waals surface area contributed by atoms with E-state index in [2.05, 4.69) is 0 Å². The second-order valence-electron chi connectivity index (χ2n) is 3.64. The fourth-order valence-corrected chi connectivity index (χ4v) is 0.888. The second-order valence-corrected chi connectivity index (χ2v) is 3.64. The number of carbonyl (C=O) groups is 2. The van der Waals surface area contributed by atoms with E-state index in [1.165, 1.54) is 10.1 Å². The maximum atomic E-state index is 11.2. The third-order valence-corrected chi connectivity index (χ3v) is 1.52. The van der Waals surface area contributed by atoms with Crippen LogP contribution in [0.15, 0.2) is 0 Å². The number of carbonyl (C=O) groups excluding carboxylic acids is 2. The molecule has 0 radical (unpaired) electrons. The van der Waals surface area contributed by atoms with Crippen LogP contribution in [0, 0.1) is 0 Å². The van der Waals surface area contributed by atoms with Crippen LogP contribution in [0.25, 0.3) is 0 Å². The molecule has 0 heterocycles. The van der Waals surface area contributed by atoms with Gasteiger partial charge in [-0.25, -0.2) is 4.79 Å². The average Bonchev–Trinajstić information content (AvgIpc) is 2.11. The first kappa shape index (κ1) is 14.8. The van der Waals surface area contributed by atoms with E-state index < -0.39 is 18.0 Å². The Bertz CT molecular complexity index is 243. The van der Waals surface area contributed by atoms with Crippen LogP contribution in [-0.4, -0.2) is 56.3 Å². The van der Waals surface area contributed by atoms with E-state index in [-0.39, 0.29) is 12.8 Å². The molecule has 1 atom stereocenters. The van der Waals surface area contributed by atoms with Crippen molar-refractivity contribution in [1.29, 1.82) is 0 Å². The van der Waals surface area contributed by atoms with Crippen molar-refractivity contribution in [3.05, 3.63) is 0 Å². The molecular formula is C9H19N3O4. The van der Waals surface area contributed by atoms with E-state index in [4.69, 9.17) is 15.4 Å². The molecule has 2 N–H and O–H groups in total. The molecule has 0 unspecified atom stereocenters. The lowest BCUT2D eigenvalue weighted by molar-refractivity contribution is -0.181. The third kappa shape index (κ3) is 7.16. The van der Waals surface area contributed by atoms with Crippen molar-refractivity contribution in [2.24, 2.45) is 5.73 Å². The van der Waals surface area contributed by atoms with Crippen molar-refractivity contribution < 1.29 is 19.3 Å². The molecule has 0 saturated heterocycles. The van der Waals surface area contributed by atoms with Gasteiger partial charge in [0.15, 0.2) is 0 Å². The monoisotopic (exact) mass is 233 g/mol. The molecule has 0 aromatic rings. The van der Waals surface area contributed by atoms with Crippen LogP contribution in [0.5, 0.6) is 0 Å². The van der Waals surface area contributed by atoms with Gasteiger partial charge < -0.3 is 15.4 Å². The lowest BCUT2D eigenvalue weighted by atomic mass is 10.2. The zero-order chi connectivity index (χ0) is 12.7. The van der Waals surface area contributed by atoms with Gasteiger partial charge in [0, 0.05) is 34.6 Å². The Labute approximate surface area is 95.0 Å². The molecule has 0 aliphatic carbocycles. The minimum Gasteiger partial charge on any atom is -0.369 e. The fraction of sp³-hybridized carbons (Fsp3) is 0.778. The SMILES string of the molecule is CN(C)OC(=O)CC[C@H](N)C(=O)ON(C)C. The summed E-state index contributed by atoms with van der Waals surface area (Å²) >= 11 is 0. The molecule has 0 aliphatic rings. The second kappa shape index (κ2) is 7.15. The highest BCUT2D eigenvalue weighted by Gasteiger charge is 2.18. The number of nitrogens with two attached hydrogens (primary N) is 1. The largest absolute Gasteiger partial charge is 0.369 e. The van der Waals surface area contributed by atoms with Crippen molar-refractivity contribution in [3.8, 4) is 0 Å². The smallest absolute Gasteiger partial charge is 0.341 e. The summed E-state index contributed by atoms with van der Waals surface area (Å²) < 4.78 is 0. The Balaban J connectivity index is 3.84. The maximum absolute atomic E-state index is 11.2. The first-order valence-corrected chi connectivity index (χ1v) is 4.85. The molecule has 7 heteroatoms. The predicted molar refractivity (Wildman–Crippen MR) is 56.8 cm³/mol. The van der Waals surface area contributed by atoms with Gasteiger partial charge in [-0.2, -0.15) is 0 Å². The van der Waals surface area contributed by atoms with Gasteiger partial charge in [-0.05, 0) is 6.42 Å². The van der Waals surface area contributed by atoms with Crippen LogP contribution in [0.4, 0.5) is 0 Å². The number of hydrogen-bond acceptors (Lipinski definition) is 7. The summed E-state index contributed by atoms with van der Waals surface area (Å²) in [7, 11) is 6.34. The highest BCUT2D eigenvalue weighted by molar-refractivity contribution is 5.76. The molecule has 16 heavy (non-hydrogen) atoms. The molecule has 94 valence electrons. The first-order chi connectivity index (χ1) is 7.32. The topological polar surface area (TPSA) is 85.1 Å². The van der Waals surface area contributed by atoms with Gasteiger partial charge in [-0.3, -0.25) is 4.79 Å². The summed E-state index contributed by atoms with van der Waals surface area (Å²) in [5.41, 5.74) is 5.52. The predicted octanol–water partition coefficient (Wildman–Crippen LogP) is -0.866. The number of hydroxylamine groups is 4. The summed E-state index contributed by atoms with van der Waals surface area (Å²) in [4.78, 5) is 31.8. The Morgan fingerprint density at radius 2 is 1.62 bits per heavy atom. The van der Waals surface area contributed by atoms with E-state index in [9.17, 15) is 9.59 Å². The van der Waals surface area contributed by atoms with Crippen LogP contribution in [0.2, 0.25) is 0 Å². The van der Waals surface area contributed by atoms with E-state index in [1.54, 1.807) is 28.2 Å². The molecule has 0 fully saturated rings. The quantitative estimate of drug-likeness (QED) is 0.597. The fourth-order valence-electron chi connectivity index (χ4n) is 0.888. The van der Waals surface area contributed by atoms with Crippen LogP contribution < -0.4 is 5.73 Å². The van der Waals surface area contributed by atoms with Gasteiger partial charge in [0.05, 0.1) is 0 Å². The number of hydrogen-bond donors (Lipinski definition) is 1. The van der Waals surface area contributed by atoms with Gasteiger partial charge in [0.25, 0.3) is 0 Å². The first-order valence-electron chi connectivity index (χ1n) is 4.85. The molecule has 0 aromatic carbocycles. The van der Waals surface area contributed by atoms with Crippen molar-refractivity contribution >= 4 is 11.9 Å². The molecule has 0 rings (SSSR count). The summed E-state index contributed by atoms with van der Waals surface area (Å²) in [6, 6.07) is -0.822. The van der Waals surface area contributed by atoms with Crippen LogP contribution in [-0.2, 0) is 19.3 Å². The number of nitrogens with zero attached hydrogens (tertiary/aromatic N) is 2. The van der Waals surface area contributed by atoms with E-state index in [0.29, 0.717) is 0 Å². The molecule has 0 spiro atoms. The van der Waals surface area contributed by atoms with E-state index in [1.807, 2.05) is 0 Å². The van der Waals surface area contributed by atoms with Crippen molar-refractivity contribution in [2.45, 2.75) is 18.9 Å². The molecular weight excluding hydrogens is 214 g/mol. The minimum atomic E-state index is -0.822. The molecule has 0 amide bonds. The Morgan fingerprint density at radius 1 is 1.12 bits per heavy atom. The van der Waals surface area contributed by atoms with Crippen molar-refractivity contribution in [1.82, 2.24) is 10.1 Å². The van der Waals surface area contributed by atoms with Crippen LogP contribution in [0.3, 0.4) is 0 Å². The molecule has 0 aliphatic heterocycles. The summed E-state index contributed by atoms with van der Waals surface area (Å²) in [6.45, 7) is 0. The highest BCUT2D eigenvalue weighted by Crippen LogP contribution is 2.00.